The summed E-state index contributed by atoms with van der Waals surface area (Å²) in [5, 5.41) is 5.13. The maximum absolute atomic E-state index is 13.6. The minimum absolute atomic E-state index is 0.0914. The number of hydrogen-bond acceptors (Lipinski definition) is 6. The van der Waals surface area contributed by atoms with Gasteiger partial charge in [0, 0.05) is 19.5 Å². The van der Waals surface area contributed by atoms with Crippen LogP contribution in [0.2, 0.25) is 0 Å². The van der Waals surface area contributed by atoms with Gasteiger partial charge in [0.1, 0.15) is 17.4 Å². The van der Waals surface area contributed by atoms with E-state index in [1.165, 1.54) is 24.1 Å². The normalized spacial score (nSPS) is 26.2. The predicted octanol–water partition coefficient (Wildman–Crippen LogP) is 2.66. The molecule has 154 valence electrons. The molecular weight excluding hydrogens is 408 g/mol. The van der Waals surface area contributed by atoms with Crippen molar-refractivity contribution in [3.8, 4) is 0 Å². The Bertz CT molecular complexity index is 851. The van der Waals surface area contributed by atoms with Gasteiger partial charge in [-0.3, -0.25) is 4.79 Å². The molecule has 28 heavy (non-hydrogen) atoms. The molecule has 1 fully saturated rings. The lowest BCUT2D eigenvalue weighted by atomic mass is 9.87. The highest BCUT2D eigenvalue weighted by atomic mass is 32.2. The summed E-state index contributed by atoms with van der Waals surface area (Å²) in [5.74, 6) is -1.18. The molecule has 0 radical (unpaired) electrons. The van der Waals surface area contributed by atoms with Crippen molar-refractivity contribution in [1.29, 1.82) is 0 Å². The van der Waals surface area contributed by atoms with Crippen molar-refractivity contribution in [2.24, 2.45) is 5.92 Å². The zero-order valence-corrected chi connectivity index (χ0v) is 17.2. The molecule has 6 nitrogen and oxygen atoms in total. The van der Waals surface area contributed by atoms with Gasteiger partial charge in [-0.25, -0.2) is 17.2 Å². The van der Waals surface area contributed by atoms with Gasteiger partial charge in [-0.15, -0.1) is 0 Å². The van der Waals surface area contributed by atoms with E-state index in [4.69, 9.17) is 0 Å². The molecule has 1 aromatic rings. The van der Waals surface area contributed by atoms with E-state index in [0.29, 0.717) is 17.0 Å². The highest BCUT2D eigenvalue weighted by molar-refractivity contribution is 8.01. The van der Waals surface area contributed by atoms with Crippen LogP contribution >= 0.6 is 11.9 Å². The number of nitrogens with one attached hydrogen (secondary N) is 2. The minimum Gasteiger partial charge on any atom is -0.318 e. The van der Waals surface area contributed by atoms with Gasteiger partial charge in [-0.05, 0) is 54.8 Å². The summed E-state index contributed by atoms with van der Waals surface area (Å²) in [5.41, 5.74) is 0.618. The fourth-order valence-corrected chi connectivity index (χ4v) is 4.80. The van der Waals surface area contributed by atoms with Crippen LogP contribution in [-0.2, 0) is 14.6 Å². The summed E-state index contributed by atoms with van der Waals surface area (Å²) >= 11 is 1.25. The van der Waals surface area contributed by atoms with E-state index in [9.17, 15) is 22.0 Å². The maximum Gasteiger partial charge on any atom is 0.232 e. The molecule has 3 rings (SSSR count). The molecule has 0 aromatic heterocycles. The summed E-state index contributed by atoms with van der Waals surface area (Å²) in [6.45, 7) is 0. The van der Waals surface area contributed by atoms with Crippen LogP contribution in [0, 0.1) is 5.92 Å². The Morgan fingerprint density at radius 1 is 1.29 bits per heavy atom. The second-order valence-electron chi connectivity index (χ2n) is 7.29. The van der Waals surface area contributed by atoms with E-state index in [1.54, 1.807) is 30.4 Å². The molecule has 1 amide bonds. The number of halogens is 2. The first-order valence-corrected chi connectivity index (χ1v) is 11.6. The lowest BCUT2D eigenvalue weighted by molar-refractivity contribution is -0.122. The molecule has 2 aliphatic rings. The van der Waals surface area contributed by atoms with Gasteiger partial charge in [-0.2, -0.15) is 4.83 Å². The summed E-state index contributed by atoms with van der Waals surface area (Å²) in [6, 6.07) is 6.09. The molecule has 0 spiro atoms. The predicted molar refractivity (Wildman–Crippen MR) is 104 cm³/mol. The Hall–Kier alpha value is -1.65. The van der Waals surface area contributed by atoms with Gasteiger partial charge in [-0.1, -0.05) is 12.1 Å². The van der Waals surface area contributed by atoms with Crippen LogP contribution in [0.4, 0.5) is 8.78 Å². The van der Waals surface area contributed by atoms with Crippen molar-refractivity contribution in [3.05, 3.63) is 41.1 Å². The van der Waals surface area contributed by atoms with Gasteiger partial charge >= 0.3 is 0 Å². The highest BCUT2D eigenvalue weighted by Gasteiger charge is 2.37. The Kier molecular flexibility index (Phi) is 6.31. The number of rotatable bonds is 6. The largest absolute Gasteiger partial charge is 0.318 e. The van der Waals surface area contributed by atoms with Gasteiger partial charge in [0.15, 0.2) is 9.84 Å². The van der Waals surface area contributed by atoms with Crippen LogP contribution < -0.4 is 10.1 Å². The molecule has 1 aliphatic carbocycles. The van der Waals surface area contributed by atoms with Crippen LogP contribution in [0.25, 0.3) is 0 Å². The number of hydrogen-bond donors (Lipinski definition) is 2. The lowest BCUT2D eigenvalue weighted by Crippen LogP contribution is -2.29. The fourth-order valence-electron chi connectivity index (χ4n) is 3.51. The molecule has 4 atom stereocenters. The number of nitrogens with zero attached hydrogens (tertiary/aromatic N) is 1. The van der Waals surface area contributed by atoms with Gasteiger partial charge in [0.05, 0.1) is 10.8 Å². The van der Waals surface area contributed by atoms with Crippen molar-refractivity contribution in [2.45, 2.75) is 42.4 Å². The maximum atomic E-state index is 13.6. The first-order chi connectivity index (χ1) is 13.1. The quantitative estimate of drug-likeness (QED) is 0.675. The van der Waals surface area contributed by atoms with Crippen LogP contribution in [-0.4, -0.2) is 45.0 Å². The molecule has 0 bridgehead atoms. The molecule has 1 unspecified atom stereocenters. The molecule has 10 heteroatoms. The Balaban J connectivity index is 1.81. The van der Waals surface area contributed by atoms with Crippen LogP contribution in [0.15, 0.2) is 40.4 Å². The van der Waals surface area contributed by atoms with Crippen molar-refractivity contribution < 1.29 is 22.0 Å². The van der Waals surface area contributed by atoms with Crippen molar-refractivity contribution in [3.63, 3.8) is 0 Å². The zero-order chi connectivity index (χ0) is 20.5. The summed E-state index contributed by atoms with van der Waals surface area (Å²) in [4.78, 5) is 16.0. The van der Waals surface area contributed by atoms with Crippen LogP contribution in [0.1, 0.15) is 30.7 Å². The highest BCUT2D eigenvalue weighted by Crippen LogP contribution is 2.38. The van der Waals surface area contributed by atoms with Crippen LogP contribution in [0.5, 0.6) is 0 Å². The molecule has 2 N–H and O–H groups in total. The number of hydrazine groups is 1. The van der Waals surface area contributed by atoms with E-state index in [-0.39, 0.29) is 29.6 Å². The van der Waals surface area contributed by atoms with Crippen LogP contribution in [0.3, 0.4) is 0 Å². The summed E-state index contributed by atoms with van der Waals surface area (Å²) in [6.07, 6.45) is 0.325. The van der Waals surface area contributed by atoms with Gasteiger partial charge < -0.3 is 10.3 Å². The molecule has 1 aromatic carbocycles. The van der Waals surface area contributed by atoms with Crippen molar-refractivity contribution >= 4 is 27.7 Å². The topological polar surface area (TPSA) is 78.5 Å². The number of benzene rings is 1. The molecule has 0 saturated heterocycles. The van der Waals surface area contributed by atoms with Crippen molar-refractivity contribution in [2.75, 3.05) is 13.3 Å². The van der Waals surface area contributed by atoms with Crippen molar-refractivity contribution in [1.82, 2.24) is 15.2 Å². The van der Waals surface area contributed by atoms with E-state index >= 15 is 0 Å². The average molecular weight is 432 g/mol. The monoisotopic (exact) mass is 431 g/mol. The number of amides is 1. The van der Waals surface area contributed by atoms with Gasteiger partial charge in [0.2, 0.25) is 5.91 Å². The third-order valence-electron chi connectivity index (χ3n) is 4.96. The zero-order valence-electron chi connectivity index (χ0n) is 15.6. The number of alkyl halides is 2. The lowest BCUT2D eigenvalue weighted by Gasteiger charge is -2.21. The van der Waals surface area contributed by atoms with E-state index in [2.05, 4.69) is 10.1 Å². The molecule has 1 saturated carbocycles. The minimum atomic E-state index is -3.35. The molecule has 1 aliphatic heterocycles. The molecule has 1 heterocycles. The third-order valence-corrected chi connectivity index (χ3v) is 6.90. The third kappa shape index (κ3) is 5.03. The SMILES string of the molecule is CN1C=C(NC(=O)C(C[C@H]2C[C@@H](F)[C@@H](F)C2)c2ccc(S(C)(=O)=O)cc2)SN1. The Labute approximate surface area is 167 Å². The first kappa shape index (κ1) is 21.1. The first-order valence-electron chi connectivity index (χ1n) is 8.89. The fraction of sp³-hybridized carbons (Fsp3) is 0.500. The van der Waals surface area contributed by atoms with E-state index in [1.807, 2.05) is 0 Å². The number of carbonyl (C=O) groups excluding carboxylic acids is 1. The Morgan fingerprint density at radius 3 is 2.39 bits per heavy atom. The smallest absolute Gasteiger partial charge is 0.232 e. The molecular formula is C18H23F2N3O3S2. The number of sulfone groups is 1. The second kappa shape index (κ2) is 8.38. The van der Waals surface area contributed by atoms with E-state index in [0.717, 1.165) is 6.26 Å². The Morgan fingerprint density at radius 2 is 1.89 bits per heavy atom. The standard InChI is InChI=1S/C18H23F2N3O3S2/c1-23-10-17(27-22-23)21-18(24)14(7-11-8-15(19)16(20)9-11)12-3-5-13(6-4-12)28(2,25)26/h3-6,10-11,14-16,22H,7-9H2,1-2H3,(H,21,24)/t11-,14?,15+,16-. The second-order valence-corrected chi connectivity index (χ2v) is 10.1. The number of carbonyl (C=O) groups is 1. The van der Waals surface area contributed by atoms with E-state index < -0.39 is 28.1 Å². The average Bonchev–Trinajstić information content (AvgIpc) is 3.17. The summed E-state index contributed by atoms with van der Waals surface area (Å²) in [7, 11) is -1.57. The summed E-state index contributed by atoms with van der Waals surface area (Å²) < 4.78 is 50.6. The van der Waals surface area contributed by atoms with Gasteiger partial charge in [0.25, 0.3) is 0 Å².